The van der Waals surface area contributed by atoms with Gasteiger partial charge in [-0.25, -0.2) is 9.97 Å². The molecular weight excluding hydrogens is 531 g/mol. The molecular formula is C36H37N5Si. The Balaban J connectivity index is 1.41. The van der Waals surface area contributed by atoms with Crippen LogP contribution >= 0.6 is 0 Å². The largest absolute Gasteiger partial charge is 0.338 e. The average Bonchev–Trinajstić information content (AvgIpc) is 3.51. The topological polar surface area (TPSA) is 37.2 Å². The summed E-state index contributed by atoms with van der Waals surface area (Å²) < 4.78 is 2.42. The molecule has 0 spiro atoms. The first-order valence-corrected chi connectivity index (χ1v) is 17.7. The molecule has 0 amide bonds. The van der Waals surface area contributed by atoms with Gasteiger partial charge in [0, 0.05) is 41.6 Å². The smallest absolute Gasteiger partial charge is 0.178 e. The van der Waals surface area contributed by atoms with Crippen LogP contribution < -0.4 is 20.2 Å². The van der Waals surface area contributed by atoms with Gasteiger partial charge in [-0.2, -0.15) is 0 Å². The van der Waals surface area contributed by atoms with Gasteiger partial charge in [0.25, 0.3) is 0 Å². The molecule has 0 N–H and O–H groups in total. The first kappa shape index (κ1) is 26.5. The minimum atomic E-state index is -2.14. The van der Waals surface area contributed by atoms with Gasteiger partial charge in [-0.05, 0) is 47.4 Å². The first-order valence-electron chi connectivity index (χ1n) is 14.7. The summed E-state index contributed by atoms with van der Waals surface area (Å²) >= 11 is 0. The van der Waals surface area contributed by atoms with Gasteiger partial charge in [0.1, 0.15) is 8.07 Å². The predicted molar refractivity (Wildman–Crippen MR) is 180 cm³/mol. The third-order valence-electron chi connectivity index (χ3n) is 8.86. The fourth-order valence-corrected chi connectivity index (χ4v) is 8.63. The predicted octanol–water partition coefficient (Wildman–Crippen LogP) is 7.24. The molecule has 0 saturated carbocycles. The van der Waals surface area contributed by atoms with Crippen LogP contribution in [0.3, 0.4) is 0 Å². The van der Waals surface area contributed by atoms with Gasteiger partial charge in [-0.1, -0.05) is 98.8 Å². The van der Waals surface area contributed by atoms with Gasteiger partial charge < -0.3 is 14.4 Å². The molecule has 1 aliphatic heterocycles. The van der Waals surface area contributed by atoms with Crippen LogP contribution in [0.25, 0.3) is 27.5 Å². The lowest BCUT2D eigenvalue weighted by Crippen LogP contribution is -2.53. The van der Waals surface area contributed by atoms with Crippen molar-refractivity contribution in [1.82, 2.24) is 14.5 Å². The van der Waals surface area contributed by atoms with E-state index in [4.69, 9.17) is 4.98 Å². The molecule has 6 heteroatoms. The van der Waals surface area contributed by atoms with Crippen LogP contribution in [0, 0.1) is 0 Å². The van der Waals surface area contributed by atoms with E-state index in [1.54, 1.807) is 12.4 Å². The zero-order chi connectivity index (χ0) is 29.2. The normalized spacial score (nSPS) is 13.8. The highest BCUT2D eigenvalue weighted by Gasteiger charge is 2.32. The highest BCUT2D eigenvalue weighted by Crippen LogP contribution is 2.38. The van der Waals surface area contributed by atoms with Crippen molar-refractivity contribution in [3.63, 3.8) is 0 Å². The Bertz CT molecular complexity index is 1950. The summed E-state index contributed by atoms with van der Waals surface area (Å²) in [6.45, 7) is 12.6. The summed E-state index contributed by atoms with van der Waals surface area (Å²) in [5.41, 5.74) is 6.23. The van der Waals surface area contributed by atoms with Crippen LogP contribution in [0.4, 0.5) is 17.3 Å². The molecule has 0 saturated heterocycles. The monoisotopic (exact) mass is 567 g/mol. The molecule has 0 atom stereocenters. The van der Waals surface area contributed by atoms with E-state index in [9.17, 15) is 0 Å². The third-order valence-corrected chi connectivity index (χ3v) is 12.3. The summed E-state index contributed by atoms with van der Waals surface area (Å²) in [5, 5.41) is 5.43. The summed E-state index contributed by atoms with van der Waals surface area (Å²) in [6.07, 6.45) is 3.57. The van der Waals surface area contributed by atoms with E-state index in [0.29, 0.717) is 0 Å². The third kappa shape index (κ3) is 4.20. The Morgan fingerprint density at radius 1 is 0.667 bits per heavy atom. The molecule has 0 aliphatic carbocycles. The SMILES string of the molecule is CN1CN(c2cc(C(C)(C)C)cc([Si](C)(C)c3ccc4c5ccccc5n(-c5ccccc5)c4c3)c2)c2nccnc21. The lowest BCUT2D eigenvalue weighted by atomic mass is 9.87. The quantitative estimate of drug-likeness (QED) is 0.211. The molecule has 4 aromatic carbocycles. The van der Waals surface area contributed by atoms with E-state index < -0.39 is 8.07 Å². The van der Waals surface area contributed by atoms with E-state index in [0.717, 1.165) is 18.3 Å². The van der Waals surface area contributed by atoms with E-state index in [-0.39, 0.29) is 5.41 Å². The number of rotatable bonds is 4. The Morgan fingerprint density at radius 2 is 1.36 bits per heavy atom. The van der Waals surface area contributed by atoms with E-state index >= 15 is 0 Å². The fraction of sp³-hybridized carbons (Fsp3) is 0.222. The number of hydrogen-bond donors (Lipinski definition) is 0. The van der Waals surface area contributed by atoms with Gasteiger partial charge in [-0.15, -0.1) is 0 Å². The molecule has 1 aliphatic rings. The van der Waals surface area contributed by atoms with E-state index in [1.165, 1.54) is 49.1 Å². The molecule has 210 valence electrons. The average molecular weight is 568 g/mol. The van der Waals surface area contributed by atoms with Crippen molar-refractivity contribution in [2.45, 2.75) is 39.3 Å². The van der Waals surface area contributed by atoms with Crippen LogP contribution in [0.2, 0.25) is 13.1 Å². The second kappa shape index (κ2) is 9.56. The Kier molecular flexibility index (Phi) is 6.03. The highest BCUT2D eigenvalue weighted by molar-refractivity contribution is 7.00. The first-order chi connectivity index (χ1) is 20.1. The van der Waals surface area contributed by atoms with Crippen LogP contribution in [0.5, 0.6) is 0 Å². The molecule has 0 fully saturated rings. The van der Waals surface area contributed by atoms with Crippen molar-refractivity contribution in [2.24, 2.45) is 0 Å². The molecule has 7 rings (SSSR count). The van der Waals surface area contributed by atoms with Crippen LogP contribution in [0.1, 0.15) is 26.3 Å². The van der Waals surface area contributed by atoms with Crippen LogP contribution in [0.15, 0.2) is 103 Å². The summed E-state index contributed by atoms with van der Waals surface area (Å²) in [5.74, 6) is 1.85. The summed E-state index contributed by atoms with van der Waals surface area (Å²) in [7, 11) is -0.0512. The van der Waals surface area contributed by atoms with E-state index in [2.05, 4.69) is 151 Å². The number of para-hydroxylation sites is 2. The maximum atomic E-state index is 4.73. The van der Waals surface area contributed by atoms with Crippen molar-refractivity contribution in [3.05, 3.63) is 109 Å². The van der Waals surface area contributed by atoms with Gasteiger partial charge >= 0.3 is 0 Å². The summed E-state index contributed by atoms with van der Waals surface area (Å²) in [6, 6.07) is 33.9. The lowest BCUT2D eigenvalue weighted by Gasteiger charge is -2.30. The summed E-state index contributed by atoms with van der Waals surface area (Å²) in [4.78, 5) is 13.8. The number of aromatic nitrogens is 3. The zero-order valence-electron chi connectivity index (χ0n) is 25.3. The molecule has 0 unspecified atom stereocenters. The van der Waals surface area contributed by atoms with Crippen LogP contribution in [-0.2, 0) is 5.41 Å². The number of fused-ring (bicyclic) bond motifs is 4. The lowest BCUT2D eigenvalue weighted by molar-refractivity contribution is 0.590. The van der Waals surface area contributed by atoms with Gasteiger partial charge in [0.15, 0.2) is 11.6 Å². The number of benzene rings is 4. The number of hydrogen-bond acceptors (Lipinski definition) is 4. The van der Waals surface area contributed by atoms with Gasteiger partial charge in [0.2, 0.25) is 0 Å². The molecule has 6 aromatic rings. The van der Waals surface area contributed by atoms with Crippen molar-refractivity contribution in [2.75, 3.05) is 23.5 Å². The maximum absolute atomic E-state index is 4.73. The molecule has 5 nitrogen and oxygen atoms in total. The molecule has 2 aromatic heterocycles. The van der Waals surface area contributed by atoms with Crippen LogP contribution in [-0.4, -0.2) is 36.3 Å². The van der Waals surface area contributed by atoms with Crippen molar-refractivity contribution in [3.8, 4) is 5.69 Å². The Morgan fingerprint density at radius 3 is 2.12 bits per heavy atom. The molecule has 3 heterocycles. The fourth-order valence-electron chi connectivity index (χ4n) is 6.28. The second-order valence-electron chi connectivity index (χ2n) is 13.0. The van der Waals surface area contributed by atoms with Gasteiger partial charge in [0.05, 0.1) is 17.7 Å². The van der Waals surface area contributed by atoms with E-state index in [1.807, 2.05) is 0 Å². The standard InChI is InChI=1S/C36H37N5Si/c1-36(2,3)25-20-27(40-24-39(4)34-35(40)38-19-18-37-34)22-29(21-25)42(5,6)28-16-17-31-30-14-10-11-15-32(30)41(33(31)23-28)26-12-8-7-9-13-26/h7-23H,24H2,1-6H3. The van der Waals surface area contributed by atoms with Crippen molar-refractivity contribution >= 4 is 57.6 Å². The maximum Gasteiger partial charge on any atom is 0.178 e. The van der Waals surface area contributed by atoms with Crippen molar-refractivity contribution in [1.29, 1.82) is 0 Å². The molecule has 42 heavy (non-hydrogen) atoms. The Labute approximate surface area is 249 Å². The Hall–Kier alpha value is -4.42. The molecule has 0 bridgehead atoms. The molecule has 0 radical (unpaired) electrons. The van der Waals surface area contributed by atoms with Crippen molar-refractivity contribution < 1.29 is 0 Å². The minimum Gasteiger partial charge on any atom is -0.338 e. The zero-order valence-corrected chi connectivity index (χ0v) is 26.3. The number of nitrogens with zero attached hydrogens (tertiary/aromatic N) is 5. The second-order valence-corrected chi connectivity index (χ2v) is 17.4. The number of anilines is 3. The minimum absolute atomic E-state index is 0.00967. The highest BCUT2D eigenvalue weighted by atomic mass is 28.3. The van der Waals surface area contributed by atoms with Gasteiger partial charge in [-0.3, -0.25) is 0 Å².